The number of para-hydroxylation sites is 1. The van der Waals surface area contributed by atoms with Gasteiger partial charge in [-0.1, -0.05) is 23.7 Å². The van der Waals surface area contributed by atoms with Crippen LogP contribution < -0.4 is 10.6 Å². The van der Waals surface area contributed by atoms with E-state index >= 15 is 0 Å². The van der Waals surface area contributed by atoms with Crippen LogP contribution in [0.4, 0.5) is 5.69 Å². The van der Waals surface area contributed by atoms with Crippen LogP contribution in [0.3, 0.4) is 0 Å². The van der Waals surface area contributed by atoms with E-state index in [2.05, 4.69) is 29.0 Å². The van der Waals surface area contributed by atoms with Gasteiger partial charge in [-0.2, -0.15) is 0 Å². The van der Waals surface area contributed by atoms with Gasteiger partial charge in [0.1, 0.15) is 0 Å². The molecule has 2 N–H and O–H groups in total. The van der Waals surface area contributed by atoms with Crippen molar-refractivity contribution in [2.75, 3.05) is 38.1 Å². The van der Waals surface area contributed by atoms with Crippen molar-refractivity contribution in [1.29, 1.82) is 0 Å². The van der Waals surface area contributed by atoms with E-state index in [0.29, 0.717) is 6.04 Å². The molecule has 100 valence electrons. The van der Waals surface area contributed by atoms with Crippen molar-refractivity contribution >= 4 is 17.3 Å². The Labute approximate surface area is 115 Å². The average Bonchev–Trinajstić information content (AvgIpc) is 2.40. The molecule has 1 aliphatic rings. The molecule has 3 nitrogen and oxygen atoms in total. The summed E-state index contributed by atoms with van der Waals surface area (Å²) in [6, 6.07) is 8.68. The van der Waals surface area contributed by atoms with Gasteiger partial charge in [0.2, 0.25) is 0 Å². The van der Waals surface area contributed by atoms with Crippen molar-refractivity contribution in [3.05, 3.63) is 29.3 Å². The van der Waals surface area contributed by atoms with E-state index in [9.17, 15) is 0 Å². The maximum absolute atomic E-state index is 6.27. The van der Waals surface area contributed by atoms with Crippen LogP contribution in [0.15, 0.2) is 24.3 Å². The normalized spacial score (nSPS) is 20.4. The molecule has 0 bridgehead atoms. The molecule has 1 aliphatic heterocycles. The number of piperidine rings is 1. The van der Waals surface area contributed by atoms with E-state index in [0.717, 1.165) is 36.9 Å². The van der Waals surface area contributed by atoms with Gasteiger partial charge in [-0.15, -0.1) is 0 Å². The van der Waals surface area contributed by atoms with Crippen LogP contribution in [0.1, 0.15) is 12.8 Å². The Kier molecular flexibility index (Phi) is 4.87. The first kappa shape index (κ1) is 13.7. The molecule has 4 heteroatoms. The molecule has 0 aliphatic carbocycles. The molecule has 1 unspecified atom stereocenters. The number of rotatable bonds is 4. The molecule has 1 atom stereocenters. The Morgan fingerprint density at radius 3 is 2.94 bits per heavy atom. The molecule has 0 amide bonds. The number of benzene rings is 1. The highest BCUT2D eigenvalue weighted by molar-refractivity contribution is 6.33. The fraction of sp³-hybridized carbons (Fsp3) is 0.571. The second-order valence-electron chi connectivity index (χ2n) is 4.96. The number of hydrogen-bond donors (Lipinski definition) is 1. The van der Waals surface area contributed by atoms with Gasteiger partial charge < -0.3 is 15.5 Å². The Hall–Kier alpha value is -0.770. The molecule has 1 aromatic carbocycles. The topological polar surface area (TPSA) is 32.5 Å². The molecular formula is C14H22ClN3. The number of nitrogens with two attached hydrogens (primary N) is 1. The number of hydrogen-bond acceptors (Lipinski definition) is 3. The number of anilines is 1. The van der Waals surface area contributed by atoms with Crippen LogP contribution in [0, 0.1) is 0 Å². The summed E-state index contributed by atoms with van der Waals surface area (Å²) in [5.41, 5.74) is 6.79. The van der Waals surface area contributed by atoms with Gasteiger partial charge in [0.05, 0.1) is 10.7 Å². The zero-order chi connectivity index (χ0) is 13.0. The summed E-state index contributed by atoms with van der Waals surface area (Å²) in [6.45, 7) is 3.82. The molecule has 0 saturated carbocycles. The third-order valence-corrected chi connectivity index (χ3v) is 4.01. The fourth-order valence-electron chi connectivity index (χ4n) is 2.63. The fourth-order valence-corrected chi connectivity index (χ4v) is 2.88. The number of nitrogens with zero attached hydrogens (tertiary/aromatic N) is 2. The highest BCUT2D eigenvalue weighted by Crippen LogP contribution is 2.28. The summed E-state index contributed by atoms with van der Waals surface area (Å²) in [7, 11) is 2.16. The van der Waals surface area contributed by atoms with Crippen molar-refractivity contribution in [3.8, 4) is 0 Å². The van der Waals surface area contributed by atoms with Crippen molar-refractivity contribution < 1.29 is 0 Å². The third-order valence-electron chi connectivity index (χ3n) is 3.69. The molecule has 18 heavy (non-hydrogen) atoms. The summed E-state index contributed by atoms with van der Waals surface area (Å²) in [6.07, 6.45) is 2.46. The summed E-state index contributed by atoms with van der Waals surface area (Å²) >= 11 is 6.27. The number of likely N-dealkylation sites (N-methyl/N-ethyl adjacent to an activating group) is 1. The van der Waals surface area contributed by atoms with Crippen molar-refractivity contribution in [1.82, 2.24) is 4.90 Å². The zero-order valence-corrected chi connectivity index (χ0v) is 11.7. The molecule has 0 radical (unpaired) electrons. The molecule has 1 saturated heterocycles. The van der Waals surface area contributed by atoms with Gasteiger partial charge in [-0.3, -0.25) is 0 Å². The molecule has 1 fully saturated rings. The van der Waals surface area contributed by atoms with Crippen LogP contribution in [-0.2, 0) is 0 Å². The second kappa shape index (κ2) is 6.41. The predicted molar refractivity (Wildman–Crippen MR) is 78.4 cm³/mol. The Bertz CT molecular complexity index is 383. The smallest absolute Gasteiger partial charge is 0.0639 e. The van der Waals surface area contributed by atoms with Crippen LogP contribution in [0.25, 0.3) is 0 Å². The standard InChI is InChI=1S/C14H22ClN3/c1-17(10-8-16)12-5-4-9-18(11-12)14-7-3-2-6-13(14)15/h2-3,6-7,12H,4-5,8-11,16H2,1H3. The summed E-state index contributed by atoms with van der Waals surface area (Å²) < 4.78 is 0. The monoisotopic (exact) mass is 267 g/mol. The maximum atomic E-state index is 6.27. The first-order valence-electron chi connectivity index (χ1n) is 6.62. The van der Waals surface area contributed by atoms with Crippen LogP contribution >= 0.6 is 11.6 Å². The van der Waals surface area contributed by atoms with E-state index in [4.69, 9.17) is 17.3 Å². The summed E-state index contributed by atoms with van der Waals surface area (Å²) in [4.78, 5) is 4.76. The van der Waals surface area contributed by atoms with Gasteiger partial charge >= 0.3 is 0 Å². The first-order chi connectivity index (χ1) is 8.72. The zero-order valence-electron chi connectivity index (χ0n) is 11.0. The van der Waals surface area contributed by atoms with E-state index in [1.807, 2.05) is 12.1 Å². The molecule has 0 aromatic heterocycles. The lowest BCUT2D eigenvalue weighted by atomic mass is 10.0. The van der Waals surface area contributed by atoms with Gasteiger partial charge in [0.25, 0.3) is 0 Å². The van der Waals surface area contributed by atoms with Crippen molar-refractivity contribution in [2.24, 2.45) is 5.73 Å². The Morgan fingerprint density at radius 2 is 2.22 bits per heavy atom. The van der Waals surface area contributed by atoms with Gasteiger partial charge in [-0.05, 0) is 32.0 Å². The first-order valence-corrected chi connectivity index (χ1v) is 7.00. The Morgan fingerprint density at radius 1 is 1.44 bits per heavy atom. The highest BCUT2D eigenvalue weighted by Gasteiger charge is 2.23. The number of halogens is 1. The predicted octanol–water partition coefficient (Wildman–Crippen LogP) is 2.20. The van der Waals surface area contributed by atoms with Crippen LogP contribution in [0.2, 0.25) is 5.02 Å². The lowest BCUT2D eigenvalue weighted by molar-refractivity contribution is 0.221. The minimum atomic E-state index is 0.582. The van der Waals surface area contributed by atoms with E-state index in [-0.39, 0.29) is 0 Å². The molecule has 1 aromatic rings. The SMILES string of the molecule is CN(CCN)C1CCCN(c2ccccc2Cl)C1. The minimum absolute atomic E-state index is 0.582. The molecule has 1 heterocycles. The average molecular weight is 268 g/mol. The van der Waals surface area contributed by atoms with E-state index in [1.54, 1.807) is 0 Å². The largest absolute Gasteiger partial charge is 0.369 e. The second-order valence-corrected chi connectivity index (χ2v) is 5.37. The van der Waals surface area contributed by atoms with Crippen LogP contribution in [0.5, 0.6) is 0 Å². The third kappa shape index (κ3) is 3.16. The molecule has 0 spiro atoms. The lowest BCUT2D eigenvalue weighted by Gasteiger charge is -2.39. The van der Waals surface area contributed by atoms with Crippen LogP contribution in [-0.4, -0.2) is 44.2 Å². The molecule has 2 rings (SSSR count). The highest BCUT2D eigenvalue weighted by atomic mass is 35.5. The summed E-state index contributed by atoms with van der Waals surface area (Å²) in [5.74, 6) is 0. The summed E-state index contributed by atoms with van der Waals surface area (Å²) in [5, 5.41) is 0.847. The van der Waals surface area contributed by atoms with Gasteiger partial charge in [0, 0.05) is 32.2 Å². The Balaban J connectivity index is 2.05. The quantitative estimate of drug-likeness (QED) is 0.908. The van der Waals surface area contributed by atoms with Gasteiger partial charge in [-0.25, -0.2) is 0 Å². The van der Waals surface area contributed by atoms with E-state index in [1.165, 1.54) is 12.8 Å². The molecular weight excluding hydrogens is 246 g/mol. The van der Waals surface area contributed by atoms with Gasteiger partial charge in [0.15, 0.2) is 0 Å². The van der Waals surface area contributed by atoms with Crippen molar-refractivity contribution in [3.63, 3.8) is 0 Å². The maximum Gasteiger partial charge on any atom is 0.0639 e. The minimum Gasteiger partial charge on any atom is -0.369 e. The van der Waals surface area contributed by atoms with E-state index < -0.39 is 0 Å². The van der Waals surface area contributed by atoms with Crippen molar-refractivity contribution in [2.45, 2.75) is 18.9 Å². The lowest BCUT2D eigenvalue weighted by Crippen LogP contribution is -2.47.